The second-order valence-electron chi connectivity index (χ2n) is 4.84. The summed E-state index contributed by atoms with van der Waals surface area (Å²) in [4.78, 5) is 10.4. The molecule has 2 aromatic carbocycles. The highest BCUT2D eigenvalue weighted by Crippen LogP contribution is 2.42. The van der Waals surface area contributed by atoms with Crippen molar-refractivity contribution in [3.8, 4) is 11.5 Å². The number of benzene rings is 2. The molecular weight excluding hydrogens is 384 g/mol. The summed E-state index contributed by atoms with van der Waals surface area (Å²) in [5, 5.41) is 13.1. The number of hydrogen-bond acceptors (Lipinski definition) is 4. The van der Waals surface area contributed by atoms with E-state index in [9.17, 15) is 23.3 Å². The van der Waals surface area contributed by atoms with E-state index in [2.05, 4.69) is 5.32 Å². The van der Waals surface area contributed by atoms with Crippen molar-refractivity contribution >= 4 is 34.6 Å². The molecule has 0 saturated heterocycles. The van der Waals surface area contributed by atoms with Gasteiger partial charge < -0.3 is 10.1 Å². The van der Waals surface area contributed by atoms with Crippen molar-refractivity contribution in [2.45, 2.75) is 13.1 Å². The Hall–Kier alpha value is -2.19. The fourth-order valence-corrected chi connectivity index (χ4v) is 2.57. The first-order valence-corrected chi connectivity index (χ1v) is 7.65. The maximum atomic E-state index is 12.7. The molecular formula is C15H11Cl2F3N2O3. The Morgan fingerprint density at radius 1 is 1.20 bits per heavy atom. The van der Waals surface area contributed by atoms with Gasteiger partial charge in [-0.1, -0.05) is 23.2 Å². The Bertz CT molecular complexity index is 790. The Morgan fingerprint density at radius 2 is 1.80 bits per heavy atom. The summed E-state index contributed by atoms with van der Waals surface area (Å²) >= 11 is 11.7. The average molecular weight is 395 g/mol. The molecule has 2 aromatic rings. The normalized spacial score (nSPS) is 11.3. The van der Waals surface area contributed by atoms with Gasteiger partial charge in [-0.25, -0.2) is 0 Å². The first-order valence-electron chi connectivity index (χ1n) is 6.90. The smallest absolute Gasteiger partial charge is 0.416 e. The zero-order chi connectivity index (χ0) is 18.8. The summed E-state index contributed by atoms with van der Waals surface area (Å²) in [5.41, 5.74) is -0.977. The molecule has 0 bridgehead atoms. The van der Waals surface area contributed by atoms with E-state index in [0.717, 1.165) is 0 Å². The molecule has 10 heteroatoms. The molecule has 2 rings (SSSR count). The molecule has 134 valence electrons. The molecule has 0 saturated carbocycles. The molecule has 0 unspecified atom stereocenters. The van der Waals surface area contributed by atoms with E-state index in [-0.39, 0.29) is 32.9 Å². The van der Waals surface area contributed by atoms with Gasteiger partial charge in [0.05, 0.1) is 20.5 Å². The number of nitrogens with zero attached hydrogens (tertiary/aromatic N) is 1. The zero-order valence-corrected chi connectivity index (χ0v) is 14.2. The number of rotatable bonds is 5. The minimum absolute atomic E-state index is 0.130. The van der Waals surface area contributed by atoms with Gasteiger partial charge in [-0.05, 0) is 25.1 Å². The molecule has 1 N–H and O–H groups in total. The number of nitrogens with one attached hydrogen (secondary N) is 1. The van der Waals surface area contributed by atoms with Crippen LogP contribution in [0.3, 0.4) is 0 Å². The number of anilines is 1. The van der Waals surface area contributed by atoms with Crippen LogP contribution in [0.15, 0.2) is 30.3 Å². The third-order valence-electron chi connectivity index (χ3n) is 3.08. The molecule has 0 aromatic heterocycles. The minimum atomic E-state index is -4.60. The third-order valence-corrected chi connectivity index (χ3v) is 3.64. The number of ether oxygens (including phenoxy) is 1. The molecule has 0 aliphatic carbocycles. The molecule has 0 aliphatic heterocycles. The van der Waals surface area contributed by atoms with E-state index < -0.39 is 16.7 Å². The van der Waals surface area contributed by atoms with Crippen LogP contribution in [0.5, 0.6) is 11.5 Å². The van der Waals surface area contributed by atoms with Gasteiger partial charge in [-0.15, -0.1) is 0 Å². The van der Waals surface area contributed by atoms with Crippen LogP contribution in [0.4, 0.5) is 24.5 Å². The highest BCUT2D eigenvalue weighted by molar-refractivity contribution is 6.37. The van der Waals surface area contributed by atoms with Crippen LogP contribution < -0.4 is 10.1 Å². The zero-order valence-electron chi connectivity index (χ0n) is 12.7. The van der Waals surface area contributed by atoms with Gasteiger partial charge in [-0.2, -0.15) is 13.2 Å². The number of halogens is 5. The van der Waals surface area contributed by atoms with E-state index >= 15 is 0 Å². The molecule has 0 fully saturated rings. The van der Waals surface area contributed by atoms with E-state index in [1.165, 1.54) is 18.2 Å². The SMILES string of the molecule is CCNc1cc(Oc2c(Cl)cc(C(F)(F)F)cc2Cl)ccc1[N+](=O)[O-]. The molecule has 0 amide bonds. The minimum Gasteiger partial charge on any atom is -0.454 e. The highest BCUT2D eigenvalue weighted by atomic mass is 35.5. The van der Waals surface area contributed by atoms with Crippen molar-refractivity contribution in [2.24, 2.45) is 0 Å². The van der Waals surface area contributed by atoms with Crippen molar-refractivity contribution in [1.82, 2.24) is 0 Å². The van der Waals surface area contributed by atoms with Gasteiger partial charge in [-0.3, -0.25) is 10.1 Å². The fourth-order valence-electron chi connectivity index (χ4n) is 2.01. The Kier molecular flexibility index (Phi) is 5.64. The molecule has 0 atom stereocenters. The van der Waals surface area contributed by atoms with Crippen molar-refractivity contribution in [1.29, 1.82) is 0 Å². The highest BCUT2D eigenvalue weighted by Gasteiger charge is 2.32. The van der Waals surface area contributed by atoms with Gasteiger partial charge >= 0.3 is 6.18 Å². The lowest BCUT2D eigenvalue weighted by molar-refractivity contribution is -0.384. The summed E-state index contributed by atoms with van der Waals surface area (Å²) in [6.45, 7) is 2.17. The van der Waals surface area contributed by atoms with Crippen molar-refractivity contribution in [2.75, 3.05) is 11.9 Å². The second-order valence-corrected chi connectivity index (χ2v) is 5.65. The number of alkyl halides is 3. The van der Waals surface area contributed by atoms with Gasteiger partial charge in [0.2, 0.25) is 0 Å². The Morgan fingerprint density at radius 3 is 2.28 bits per heavy atom. The van der Waals surface area contributed by atoms with Crippen molar-refractivity contribution < 1.29 is 22.8 Å². The molecule has 25 heavy (non-hydrogen) atoms. The lowest BCUT2D eigenvalue weighted by atomic mass is 10.2. The molecule has 0 aliphatic rings. The second kappa shape index (κ2) is 7.37. The van der Waals surface area contributed by atoms with Gasteiger partial charge in [0.25, 0.3) is 5.69 Å². The largest absolute Gasteiger partial charge is 0.454 e. The monoisotopic (exact) mass is 394 g/mol. The maximum absolute atomic E-state index is 12.7. The standard InChI is InChI=1S/C15H11Cl2F3N2O3/c1-2-21-12-7-9(3-4-13(12)22(23)24)25-14-10(16)5-8(6-11(14)17)15(18,19)20/h3-7,21H,2H2,1H3. The van der Waals surface area contributed by atoms with Crippen LogP contribution in [0, 0.1) is 10.1 Å². The Labute approximate surface area is 150 Å². The van der Waals surface area contributed by atoms with Crippen molar-refractivity contribution in [3.63, 3.8) is 0 Å². The topological polar surface area (TPSA) is 64.4 Å². The van der Waals surface area contributed by atoms with Crippen LogP contribution in [0.1, 0.15) is 12.5 Å². The molecule has 5 nitrogen and oxygen atoms in total. The summed E-state index contributed by atoms with van der Waals surface area (Å²) in [6.07, 6.45) is -4.60. The van der Waals surface area contributed by atoms with Crippen LogP contribution >= 0.6 is 23.2 Å². The van der Waals surface area contributed by atoms with Crippen molar-refractivity contribution in [3.05, 3.63) is 56.1 Å². The fraction of sp³-hybridized carbons (Fsp3) is 0.200. The van der Waals surface area contributed by atoms with Crippen LogP contribution in [-0.4, -0.2) is 11.5 Å². The molecule has 0 spiro atoms. The summed E-state index contributed by atoms with van der Waals surface area (Å²) in [7, 11) is 0. The quantitative estimate of drug-likeness (QED) is 0.488. The third kappa shape index (κ3) is 4.46. The summed E-state index contributed by atoms with van der Waals surface area (Å²) in [5.74, 6) is -0.0438. The maximum Gasteiger partial charge on any atom is 0.416 e. The van der Waals surface area contributed by atoms with Crippen LogP contribution in [0.2, 0.25) is 10.0 Å². The summed E-state index contributed by atoms with van der Waals surface area (Å²) in [6, 6.07) is 5.23. The van der Waals surface area contributed by atoms with Gasteiger partial charge in [0.1, 0.15) is 11.4 Å². The number of nitro groups is 1. The first-order chi connectivity index (χ1) is 11.6. The number of hydrogen-bond donors (Lipinski definition) is 1. The number of nitro benzene ring substituents is 1. The van der Waals surface area contributed by atoms with E-state index in [0.29, 0.717) is 18.7 Å². The van der Waals surface area contributed by atoms with E-state index in [1.807, 2.05) is 0 Å². The van der Waals surface area contributed by atoms with Crippen LogP contribution in [0.25, 0.3) is 0 Å². The predicted molar refractivity (Wildman–Crippen MR) is 88.8 cm³/mol. The summed E-state index contributed by atoms with van der Waals surface area (Å²) < 4.78 is 43.6. The lowest BCUT2D eigenvalue weighted by Gasteiger charge is -2.14. The Balaban J connectivity index is 2.40. The van der Waals surface area contributed by atoms with E-state index in [1.54, 1.807) is 6.92 Å². The first kappa shape index (κ1) is 19.1. The molecule has 0 heterocycles. The van der Waals surface area contributed by atoms with Gasteiger partial charge in [0.15, 0.2) is 5.75 Å². The van der Waals surface area contributed by atoms with Crippen LogP contribution in [-0.2, 0) is 6.18 Å². The molecule has 0 radical (unpaired) electrons. The van der Waals surface area contributed by atoms with Gasteiger partial charge in [0, 0.05) is 18.7 Å². The van der Waals surface area contributed by atoms with E-state index in [4.69, 9.17) is 27.9 Å². The predicted octanol–water partition coefficient (Wildman–Crippen LogP) is 6.14. The average Bonchev–Trinajstić information content (AvgIpc) is 2.50. The lowest BCUT2D eigenvalue weighted by Crippen LogP contribution is -2.05.